The molecule has 0 radical (unpaired) electrons. The van der Waals surface area contributed by atoms with E-state index in [0.717, 1.165) is 31.4 Å². The summed E-state index contributed by atoms with van der Waals surface area (Å²) in [4.78, 5) is -0.0334. The Labute approximate surface area is 135 Å². The molecule has 0 aromatic heterocycles. The van der Waals surface area contributed by atoms with Crippen molar-refractivity contribution in [3.63, 3.8) is 0 Å². The third-order valence-electron chi connectivity index (χ3n) is 3.57. The van der Waals surface area contributed by atoms with Gasteiger partial charge >= 0.3 is 0 Å². The van der Waals surface area contributed by atoms with Crippen LogP contribution in [-0.4, -0.2) is 32.4 Å². The predicted octanol–water partition coefficient (Wildman–Crippen LogP) is 2.65. The lowest BCUT2D eigenvalue weighted by molar-refractivity contribution is 0.258. The molecule has 120 valence electrons. The van der Waals surface area contributed by atoms with E-state index in [2.05, 4.69) is 0 Å². The molecule has 1 aliphatic rings. The molecule has 1 aromatic rings. The number of rotatable bonds is 4. The first-order chi connectivity index (χ1) is 9.45. The van der Waals surface area contributed by atoms with Gasteiger partial charge in [-0.25, -0.2) is 12.8 Å². The van der Waals surface area contributed by atoms with Gasteiger partial charge in [0, 0.05) is 13.1 Å². The first-order valence-corrected chi connectivity index (χ1v) is 8.42. The summed E-state index contributed by atoms with van der Waals surface area (Å²) >= 11 is 5.86. The lowest BCUT2D eigenvalue weighted by atomic mass is 9.96. The summed E-state index contributed by atoms with van der Waals surface area (Å²) in [6, 6.07) is 3.36. The van der Waals surface area contributed by atoms with E-state index in [1.54, 1.807) is 0 Å². The van der Waals surface area contributed by atoms with Gasteiger partial charge in [0.15, 0.2) is 0 Å². The number of nitrogens with zero attached hydrogens (tertiary/aromatic N) is 1. The Morgan fingerprint density at radius 3 is 2.76 bits per heavy atom. The first-order valence-electron chi connectivity index (χ1n) is 6.60. The average Bonchev–Trinajstić information content (AvgIpc) is 2.39. The highest BCUT2D eigenvalue weighted by Crippen LogP contribution is 2.29. The number of sulfonamides is 1. The summed E-state index contributed by atoms with van der Waals surface area (Å²) in [6.07, 6.45) is 2.60. The molecule has 8 heteroatoms. The zero-order chi connectivity index (χ0) is 14.8. The Morgan fingerprint density at radius 2 is 2.14 bits per heavy atom. The lowest BCUT2D eigenvalue weighted by Crippen LogP contribution is -2.40. The number of benzene rings is 1. The van der Waals surface area contributed by atoms with Crippen molar-refractivity contribution in [2.45, 2.75) is 24.2 Å². The number of halogens is 3. The van der Waals surface area contributed by atoms with Crippen LogP contribution in [0.25, 0.3) is 0 Å². The first kappa shape index (κ1) is 18.6. The van der Waals surface area contributed by atoms with E-state index < -0.39 is 15.8 Å². The molecule has 0 saturated carbocycles. The Balaban J connectivity index is 0.00000220. The SMILES string of the molecule is Cl.NCCC1CCCN(S(=O)(=O)c2ccc(F)cc2Cl)C1. The number of hydrogen-bond acceptors (Lipinski definition) is 3. The summed E-state index contributed by atoms with van der Waals surface area (Å²) < 4.78 is 39.6. The monoisotopic (exact) mass is 356 g/mol. The molecule has 21 heavy (non-hydrogen) atoms. The van der Waals surface area contributed by atoms with E-state index in [0.29, 0.717) is 19.6 Å². The third-order valence-corrected chi connectivity index (χ3v) is 5.92. The Bertz CT molecular complexity index is 582. The smallest absolute Gasteiger partial charge is 0.244 e. The second-order valence-electron chi connectivity index (χ2n) is 5.02. The molecule has 1 aliphatic heterocycles. The standard InChI is InChI=1S/C13H18ClFN2O2S.ClH/c14-12-8-11(15)3-4-13(12)20(18,19)17-7-1-2-10(9-17)5-6-16;/h3-4,8,10H,1-2,5-7,9,16H2;1H. The van der Waals surface area contributed by atoms with Gasteiger partial charge in [0.2, 0.25) is 10.0 Å². The van der Waals surface area contributed by atoms with Gasteiger partial charge in [-0.15, -0.1) is 12.4 Å². The van der Waals surface area contributed by atoms with Gasteiger partial charge in [-0.2, -0.15) is 4.31 Å². The van der Waals surface area contributed by atoms with Crippen LogP contribution >= 0.6 is 24.0 Å². The van der Waals surface area contributed by atoms with Crippen molar-refractivity contribution in [3.8, 4) is 0 Å². The van der Waals surface area contributed by atoms with E-state index in [1.165, 1.54) is 10.4 Å². The minimum Gasteiger partial charge on any atom is -0.330 e. The van der Waals surface area contributed by atoms with Crippen LogP contribution in [0, 0.1) is 11.7 Å². The molecule has 1 fully saturated rings. The largest absolute Gasteiger partial charge is 0.330 e. The maximum atomic E-state index is 13.0. The van der Waals surface area contributed by atoms with E-state index in [1.807, 2.05) is 0 Å². The molecule has 4 nitrogen and oxygen atoms in total. The highest BCUT2D eigenvalue weighted by molar-refractivity contribution is 7.89. The van der Waals surface area contributed by atoms with Crippen molar-refractivity contribution in [3.05, 3.63) is 29.0 Å². The molecule has 0 amide bonds. The van der Waals surface area contributed by atoms with Gasteiger partial charge in [-0.3, -0.25) is 0 Å². The Kier molecular flexibility index (Phi) is 6.87. The van der Waals surface area contributed by atoms with Gasteiger partial charge in [0.05, 0.1) is 5.02 Å². The molecular weight excluding hydrogens is 338 g/mol. The topological polar surface area (TPSA) is 63.4 Å². The maximum absolute atomic E-state index is 13.0. The van der Waals surface area contributed by atoms with Crippen molar-refractivity contribution in [1.29, 1.82) is 0 Å². The minimum absolute atomic E-state index is 0. The van der Waals surface area contributed by atoms with Gasteiger partial charge in [0.25, 0.3) is 0 Å². The molecular formula is C13H19Cl2FN2O2S. The van der Waals surface area contributed by atoms with Crippen LogP contribution in [0.1, 0.15) is 19.3 Å². The second kappa shape index (κ2) is 7.74. The highest BCUT2D eigenvalue weighted by atomic mass is 35.5. The summed E-state index contributed by atoms with van der Waals surface area (Å²) in [7, 11) is -3.67. The summed E-state index contributed by atoms with van der Waals surface area (Å²) in [5.74, 6) is -0.267. The van der Waals surface area contributed by atoms with Crippen molar-refractivity contribution >= 4 is 34.0 Å². The van der Waals surface area contributed by atoms with Gasteiger partial charge in [-0.1, -0.05) is 11.6 Å². The van der Waals surface area contributed by atoms with E-state index in [-0.39, 0.29) is 28.2 Å². The minimum atomic E-state index is -3.67. The second-order valence-corrected chi connectivity index (χ2v) is 7.34. The van der Waals surface area contributed by atoms with E-state index >= 15 is 0 Å². The van der Waals surface area contributed by atoms with Crippen molar-refractivity contribution in [1.82, 2.24) is 4.31 Å². The summed E-state index contributed by atoms with van der Waals surface area (Å²) in [5.41, 5.74) is 5.53. The average molecular weight is 357 g/mol. The fourth-order valence-corrected chi connectivity index (χ4v) is 4.60. The Morgan fingerprint density at radius 1 is 1.43 bits per heavy atom. The fourth-order valence-electron chi connectivity index (χ4n) is 2.54. The van der Waals surface area contributed by atoms with Crippen LogP contribution in [0.4, 0.5) is 4.39 Å². The van der Waals surface area contributed by atoms with Gasteiger partial charge < -0.3 is 5.73 Å². The van der Waals surface area contributed by atoms with Crippen molar-refractivity contribution in [2.75, 3.05) is 19.6 Å². The zero-order valence-corrected chi connectivity index (χ0v) is 13.9. The molecule has 0 spiro atoms. The molecule has 1 heterocycles. The van der Waals surface area contributed by atoms with Crippen molar-refractivity contribution < 1.29 is 12.8 Å². The lowest BCUT2D eigenvalue weighted by Gasteiger charge is -2.32. The number of piperidine rings is 1. The molecule has 0 aliphatic carbocycles. The van der Waals surface area contributed by atoms with Crippen LogP contribution in [0.3, 0.4) is 0 Å². The highest BCUT2D eigenvalue weighted by Gasteiger charge is 2.31. The molecule has 2 N–H and O–H groups in total. The summed E-state index contributed by atoms with van der Waals surface area (Å²) in [5, 5.41) is -0.0778. The molecule has 1 unspecified atom stereocenters. The van der Waals surface area contributed by atoms with E-state index in [4.69, 9.17) is 17.3 Å². The van der Waals surface area contributed by atoms with Crippen LogP contribution < -0.4 is 5.73 Å². The Hall–Kier alpha value is -0.400. The molecule has 1 aromatic carbocycles. The molecule has 1 atom stereocenters. The van der Waals surface area contributed by atoms with Crippen LogP contribution in [0.5, 0.6) is 0 Å². The zero-order valence-electron chi connectivity index (χ0n) is 11.5. The van der Waals surface area contributed by atoms with Crippen molar-refractivity contribution in [2.24, 2.45) is 11.7 Å². The normalized spacial score (nSPS) is 20.0. The molecule has 0 bridgehead atoms. The fraction of sp³-hybridized carbons (Fsp3) is 0.538. The number of hydrogen-bond donors (Lipinski definition) is 1. The molecule has 1 saturated heterocycles. The van der Waals surface area contributed by atoms with Crippen LogP contribution in [-0.2, 0) is 10.0 Å². The van der Waals surface area contributed by atoms with Crippen LogP contribution in [0.2, 0.25) is 5.02 Å². The quantitative estimate of drug-likeness (QED) is 0.901. The maximum Gasteiger partial charge on any atom is 0.244 e. The van der Waals surface area contributed by atoms with Gasteiger partial charge in [0.1, 0.15) is 10.7 Å². The van der Waals surface area contributed by atoms with Gasteiger partial charge in [-0.05, 0) is 49.9 Å². The number of nitrogens with two attached hydrogens (primary N) is 1. The third kappa shape index (κ3) is 4.29. The predicted molar refractivity (Wildman–Crippen MR) is 83.8 cm³/mol. The summed E-state index contributed by atoms with van der Waals surface area (Å²) in [6.45, 7) is 1.47. The van der Waals surface area contributed by atoms with E-state index in [9.17, 15) is 12.8 Å². The molecule has 2 rings (SSSR count). The van der Waals surface area contributed by atoms with Crippen LogP contribution in [0.15, 0.2) is 23.1 Å².